The molecule has 128 valence electrons. The van der Waals surface area contributed by atoms with Gasteiger partial charge in [-0.2, -0.15) is 0 Å². The highest BCUT2D eigenvalue weighted by molar-refractivity contribution is 5.94. The van der Waals surface area contributed by atoms with Crippen LogP contribution in [-0.2, 0) is 4.79 Å². The van der Waals surface area contributed by atoms with Crippen molar-refractivity contribution in [2.24, 2.45) is 0 Å². The highest BCUT2D eigenvalue weighted by Crippen LogP contribution is 2.20. The molecule has 4 heteroatoms. The van der Waals surface area contributed by atoms with E-state index in [1.54, 1.807) is 6.92 Å². The fourth-order valence-corrected chi connectivity index (χ4v) is 2.23. The van der Waals surface area contributed by atoms with Crippen molar-refractivity contribution in [3.63, 3.8) is 0 Å². The van der Waals surface area contributed by atoms with E-state index in [4.69, 9.17) is 9.47 Å². The Morgan fingerprint density at radius 2 is 1.54 bits per heavy atom. The number of rotatable bonds is 7. The van der Waals surface area contributed by atoms with Crippen molar-refractivity contribution in [1.29, 1.82) is 0 Å². The Bertz CT molecular complexity index is 648. The molecule has 0 bridgehead atoms. The Kier molecular flexibility index (Phi) is 6.24. The summed E-state index contributed by atoms with van der Waals surface area (Å²) in [6, 6.07) is 15.1. The van der Waals surface area contributed by atoms with E-state index < -0.39 is 6.10 Å². The number of amides is 1. The summed E-state index contributed by atoms with van der Waals surface area (Å²) >= 11 is 0. The molecule has 0 aliphatic rings. The SMILES string of the molecule is CCOc1ccc(NC(=O)[C@H](C)Oc2ccc(C(C)C)cc2)cc1. The highest BCUT2D eigenvalue weighted by Gasteiger charge is 2.15. The van der Waals surface area contributed by atoms with Gasteiger partial charge in [0.05, 0.1) is 6.61 Å². The van der Waals surface area contributed by atoms with Crippen LogP contribution in [0.4, 0.5) is 5.69 Å². The van der Waals surface area contributed by atoms with Crippen LogP contribution in [0.25, 0.3) is 0 Å². The van der Waals surface area contributed by atoms with Crippen LogP contribution in [-0.4, -0.2) is 18.6 Å². The van der Waals surface area contributed by atoms with Crippen molar-refractivity contribution in [1.82, 2.24) is 0 Å². The predicted molar refractivity (Wildman–Crippen MR) is 96.9 cm³/mol. The lowest BCUT2D eigenvalue weighted by Crippen LogP contribution is -2.30. The van der Waals surface area contributed by atoms with Gasteiger partial charge in [-0.1, -0.05) is 26.0 Å². The van der Waals surface area contributed by atoms with Gasteiger partial charge in [0, 0.05) is 5.69 Å². The van der Waals surface area contributed by atoms with Crippen LogP contribution in [0.15, 0.2) is 48.5 Å². The van der Waals surface area contributed by atoms with Crippen molar-refractivity contribution in [2.75, 3.05) is 11.9 Å². The first kappa shape index (κ1) is 17.9. The smallest absolute Gasteiger partial charge is 0.265 e. The molecule has 0 heterocycles. The average molecular weight is 327 g/mol. The van der Waals surface area contributed by atoms with Crippen LogP contribution in [0.2, 0.25) is 0 Å². The Labute approximate surface area is 143 Å². The lowest BCUT2D eigenvalue weighted by Gasteiger charge is -2.15. The maximum absolute atomic E-state index is 12.2. The lowest BCUT2D eigenvalue weighted by atomic mass is 10.0. The van der Waals surface area contributed by atoms with Gasteiger partial charge in [0.1, 0.15) is 11.5 Å². The van der Waals surface area contributed by atoms with E-state index in [1.807, 2.05) is 55.5 Å². The molecule has 0 fully saturated rings. The van der Waals surface area contributed by atoms with Gasteiger partial charge >= 0.3 is 0 Å². The molecule has 0 saturated carbocycles. The molecule has 0 aliphatic carbocycles. The molecule has 1 amide bonds. The van der Waals surface area contributed by atoms with E-state index in [2.05, 4.69) is 19.2 Å². The Balaban J connectivity index is 1.91. The molecule has 0 saturated heterocycles. The van der Waals surface area contributed by atoms with Gasteiger partial charge in [0.2, 0.25) is 0 Å². The Hall–Kier alpha value is -2.49. The second-order valence-corrected chi connectivity index (χ2v) is 5.93. The van der Waals surface area contributed by atoms with Crippen molar-refractivity contribution < 1.29 is 14.3 Å². The summed E-state index contributed by atoms with van der Waals surface area (Å²) in [5, 5.41) is 2.84. The second-order valence-electron chi connectivity index (χ2n) is 5.93. The predicted octanol–water partition coefficient (Wildman–Crippen LogP) is 4.61. The highest BCUT2D eigenvalue weighted by atomic mass is 16.5. The molecule has 0 radical (unpaired) electrons. The molecular formula is C20H25NO3. The Morgan fingerprint density at radius 3 is 2.08 bits per heavy atom. The van der Waals surface area contributed by atoms with Crippen LogP contribution >= 0.6 is 0 Å². The van der Waals surface area contributed by atoms with E-state index in [-0.39, 0.29) is 5.91 Å². The second kappa shape index (κ2) is 8.39. The van der Waals surface area contributed by atoms with E-state index in [0.29, 0.717) is 24.0 Å². The summed E-state index contributed by atoms with van der Waals surface area (Å²) in [5.41, 5.74) is 1.96. The van der Waals surface area contributed by atoms with Crippen LogP contribution in [0.5, 0.6) is 11.5 Å². The molecule has 2 rings (SSSR count). The van der Waals surface area contributed by atoms with Gasteiger partial charge in [-0.3, -0.25) is 4.79 Å². The largest absolute Gasteiger partial charge is 0.494 e. The van der Waals surface area contributed by atoms with Crippen LogP contribution in [0.1, 0.15) is 39.2 Å². The minimum atomic E-state index is -0.582. The summed E-state index contributed by atoms with van der Waals surface area (Å²) in [4.78, 5) is 12.2. The number of hydrogen-bond acceptors (Lipinski definition) is 3. The average Bonchev–Trinajstić information content (AvgIpc) is 2.57. The van der Waals surface area contributed by atoms with Gasteiger partial charge in [-0.05, 0) is 61.7 Å². The van der Waals surface area contributed by atoms with Gasteiger partial charge in [-0.15, -0.1) is 0 Å². The van der Waals surface area contributed by atoms with Gasteiger partial charge in [0.25, 0.3) is 5.91 Å². The zero-order valence-electron chi connectivity index (χ0n) is 14.7. The van der Waals surface area contributed by atoms with Crippen molar-refractivity contribution in [2.45, 2.75) is 39.7 Å². The fourth-order valence-electron chi connectivity index (χ4n) is 2.23. The lowest BCUT2D eigenvalue weighted by molar-refractivity contribution is -0.122. The van der Waals surface area contributed by atoms with Gasteiger partial charge in [-0.25, -0.2) is 0 Å². The number of hydrogen-bond donors (Lipinski definition) is 1. The van der Waals surface area contributed by atoms with E-state index >= 15 is 0 Å². The third-order valence-electron chi connectivity index (χ3n) is 3.66. The number of carbonyl (C=O) groups excluding carboxylic acids is 1. The standard InChI is InChI=1S/C20H25NO3/c1-5-23-18-12-8-17(9-13-18)21-20(22)15(4)24-19-10-6-16(7-11-19)14(2)3/h6-15H,5H2,1-4H3,(H,21,22)/t15-/m0/s1. The molecule has 0 unspecified atom stereocenters. The number of nitrogens with one attached hydrogen (secondary N) is 1. The normalized spacial score (nSPS) is 11.9. The number of carbonyl (C=O) groups is 1. The molecular weight excluding hydrogens is 302 g/mol. The molecule has 2 aromatic carbocycles. The summed E-state index contributed by atoms with van der Waals surface area (Å²) in [6.07, 6.45) is -0.582. The molecule has 2 aromatic rings. The van der Waals surface area contributed by atoms with Crippen LogP contribution in [0.3, 0.4) is 0 Å². The molecule has 0 aromatic heterocycles. The van der Waals surface area contributed by atoms with Gasteiger partial charge in [0.15, 0.2) is 6.10 Å². The maximum atomic E-state index is 12.2. The third-order valence-corrected chi connectivity index (χ3v) is 3.66. The zero-order chi connectivity index (χ0) is 17.5. The quantitative estimate of drug-likeness (QED) is 0.807. The molecule has 0 spiro atoms. The van der Waals surface area contributed by atoms with E-state index in [0.717, 1.165) is 5.75 Å². The Morgan fingerprint density at radius 1 is 0.958 bits per heavy atom. The molecule has 24 heavy (non-hydrogen) atoms. The van der Waals surface area contributed by atoms with Crippen molar-refractivity contribution in [3.05, 3.63) is 54.1 Å². The summed E-state index contributed by atoms with van der Waals surface area (Å²) in [6.45, 7) is 8.57. The van der Waals surface area contributed by atoms with E-state index in [1.165, 1.54) is 5.56 Å². The zero-order valence-corrected chi connectivity index (χ0v) is 14.7. The first-order chi connectivity index (χ1) is 11.5. The summed E-state index contributed by atoms with van der Waals surface area (Å²) in [7, 11) is 0. The van der Waals surface area contributed by atoms with E-state index in [9.17, 15) is 4.79 Å². The third kappa shape index (κ3) is 5.01. The first-order valence-electron chi connectivity index (χ1n) is 8.30. The van der Waals surface area contributed by atoms with Crippen molar-refractivity contribution in [3.8, 4) is 11.5 Å². The minimum absolute atomic E-state index is 0.188. The van der Waals surface area contributed by atoms with Gasteiger partial charge < -0.3 is 14.8 Å². The molecule has 1 N–H and O–H groups in total. The molecule has 1 atom stereocenters. The number of benzene rings is 2. The fraction of sp³-hybridized carbons (Fsp3) is 0.350. The first-order valence-corrected chi connectivity index (χ1v) is 8.30. The summed E-state index contributed by atoms with van der Waals surface area (Å²) < 4.78 is 11.1. The topological polar surface area (TPSA) is 47.6 Å². The van der Waals surface area contributed by atoms with Crippen molar-refractivity contribution >= 4 is 11.6 Å². The summed E-state index contributed by atoms with van der Waals surface area (Å²) in [5.74, 6) is 1.75. The number of anilines is 1. The maximum Gasteiger partial charge on any atom is 0.265 e. The molecule has 4 nitrogen and oxygen atoms in total. The van der Waals surface area contributed by atoms with Crippen LogP contribution in [0, 0.1) is 0 Å². The van der Waals surface area contributed by atoms with Crippen LogP contribution < -0.4 is 14.8 Å². The monoisotopic (exact) mass is 327 g/mol. The molecule has 0 aliphatic heterocycles. The number of ether oxygens (including phenoxy) is 2. The minimum Gasteiger partial charge on any atom is -0.494 e.